The highest BCUT2D eigenvalue weighted by Crippen LogP contribution is 2.30. The average Bonchev–Trinajstić information content (AvgIpc) is 3.06. The van der Waals surface area contributed by atoms with Gasteiger partial charge in [0.2, 0.25) is 0 Å². The van der Waals surface area contributed by atoms with Crippen molar-refractivity contribution in [2.24, 2.45) is 7.05 Å². The van der Waals surface area contributed by atoms with E-state index in [1.807, 2.05) is 24.7 Å². The molecule has 130 valence electrons. The van der Waals surface area contributed by atoms with Gasteiger partial charge in [-0.2, -0.15) is 0 Å². The lowest BCUT2D eigenvalue weighted by Gasteiger charge is -2.15. The highest BCUT2D eigenvalue weighted by molar-refractivity contribution is 6.04. The Kier molecular flexibility index (Phi) is 4.92. The third kappa shape index (κ3) is 3.32. The van der Waals surface area contributed by atoms with Gasteiger partial charge in [0, 0.05) is 43.8 Å². The second kappa shape index (κ2) is 6.95. The first-order valence-corrected chi connectivity index (χ1v) is 8.61. The van der Waals surface area contributed by atoms with Gasteiger partial charge in [0.05, 0.1) is 24.9 Å². The summed E-state index contributed by atoms with van der Waals surface area (Å²) >= 11 is 0. The van der Waals surface area contributed by atoms with Gasteiger partial charge >= 0.3 is 5.97 Å². The van der Waals surface area contributed by atoms with Crippen LogP contribution in [0.25, 0.3) is 10.9 Å². The molecular weight excluding hydrogens is 304 g/mol. The number of fused-ring (bicyclic) bond motifs is 2. The minimum atomic E-state index is -0.247. The lowest BCUT2D eigenvalue weighted by atomic mass is 10.1. The molecule has 0 saturated carbocycles. The Morgan fingerprint density at radius 2 is 1.96 bits per heavy atom. The van der Waals surface area contributed by atoms with Crippen LogP contribution in [0.4, 0.5) is 0 Å². The van der Waals surface area contributed by atoms with Crippen LogP contribution in [-0.4, -0.2) is 41.3 Å². The van der Waals surface area contributed by atoms with Gasteiger partial charge in [-0.1, -0.05) is 0 Å². The van der Waals surface area contributed by atoms with Gasteiger partial charge in [0.1, 0.15) is 0 Å². The van der Waals surface area contributed by atoms with E-state index < -0.39 is 0 Å². The fourth-order valence-corrected chi connectivity index (χ4v) is 3.30. The van der Waals surface area contributed by atoms with Crippen LogP contribution < -0.4 is 0 Å². The van der Waals surface area contributed by atoms with Crippen LogP contribution in [-0.2, 0) is 29.6 Å². The topological polar surface area (TPSA) is 43.7 Å². The molecule has 1 aliphatic rings. The maximum Gasteiger partial charge on any atom is 0.340 e. The van der Waals surface area contributed by atoms with Crippen LogP contribution in [0.1, 0.15) is 42.3 Å². The molecule has 1 aromatic carbocycles. The number of carbonyl (C=O) groups excluding carboxylic acids is 1. The number of carbonyl (C=O) groups is 1. The van der Waals surface area contributed by atoms with E-state index >= 15 is 0 Å². The minimum absolute atomic E-state index is 0.247. The first-order valence-electron chi connectivity index (χ1n) is 8.61. The van der Waals surface area contributed by atoms with Gasteiger partial charge in [-0.3, -0.25) is 4.90 Å². The third-order valence-electron chi connectivity index (χ3n) is 4.45. The van der Waals surface area contributed by atoms with Crippen molar-refractivity contribution in [2.45, 2.75) is 40.0 Å². The number of hydrogen-bond donors (Lipinski definition) is 0. The van der Waals surface area contributed by atoms with Gasteiger partial charge in [-0.05, 0) is 44.0 Å². The molecule has 0 N–H and O–H groups in total. The Labute approximate surface area is 143 Å². The number of rotatable bonds is 6. The molecule has 0 fully saturated rings. The minimum Gasteiger partial charge on any atom is -0.462 e. The number of nitrogens with zero attached hydrogens (tertiary/aromatic N) is 2. The summed E-state index contributed by atoms with van der Waals surface area (Å²) in [6, 6.07) is 4.36. The Morgan fingerprint density at radius 1 is 1.25 bits per heavy atom. The van der Waals surface area contributed by atoms with E-state index in [1.54, 1.807) is 0 Å². The zero-order valence-electron chi connectivity index (χ0n) is 15.0. The average molecular weight is 330 g/mol. The molecule has 5 heteroatoms. The summed E-state index contributed by atoms with van der Waals surface area (Å²) in [5, 5.41) is 0.981. The molecule has 0 bridgehead atoms. The Morgan fingerprint density at radius 3 is 2.62 bits per heavy atom. The second-order valence-corrected chi connectivity index (χ2v) is 6.64. The van der Waals surface area contributed by atoms with Crippen molar-refractivity contribution >= 4 is 16.9 Å². The number of benzene rings is 1. The molecule has 5 nitrogen and oxygen atoms in total. The molecule has 24 heavy (non-hydrogen) atoms. The number of hydrogen-bond acceptors (Lipinski definition) is 4. The summed E-state index contributed by atoms with van der Waals surface area (Å²) in [5.74, 6) is -0.247. The van der Waals surface area contributed by atoms with Crippen molar-refractivity contribution in [1.82, 2.24) is 9.47 Å². The summed E-state index contributed by atoms with van der Waals surface area (Å²) in [6.45, 7) is 9.86. The molecule has 2 heterocycles. The molecule has 2 aromatic rings. The molecule has 0 atom stereocenters. The molecule has 0 amide bonds. The summed E-state index contributed by atoms with van der Waals surface area (Å²) in [5.41, 5.74) is 4.36. The van der Waals surface area contributed by atoms with Crippen LogP contribution in [0.5, 0.6) is 0 Å². The van der Waals surface area contributed by atoms with Crippen molar-refractivity contribution in [3.05, 3.63) is 35.0 Å². The number of aryl methyl sites for hydroxylation is 1. The molecule has 0 saturated heterocycles. The number of aromatic nitrogens is 1. The van der Waals surface area contributed by atoms with E-state index in [0.717, 1.165) is 37.1 Å². The maximum absolute atomic E-state index is 12.2. The van der Waals surface area contributed by atoms with Gasteiger partial charge < -0.3 is 14.0 Å². The second-order valence-electron chi connectivity index (χ2n) is 6.64. The van der Waals surface area contributed by atoms with Crippen LogP contribution in [0.2, 0.25) is 0 Å². The predicted molar refractivity (Wildman–Crippen MR) is 94.1 cm³/mol. The normalized spacial score (nSPS) is 14.5. The van der Waals surface area contributed by atoms with Crippen LogP contribution >= 0.6 is 0 Å². The number of esters is 1. The van der Waals surface area contributed by atoms with E-state index in [9.17, 15) is 4.79 Å². The largest absolute Gasteiger partial charge is 0.462 e. The van der Waals surface area contributed by atoms with Crippen LogP contribution in [0, 0.1) is 0 Å². The monoisotopic (exact) mass is 330 g/mol. The fourth-order valence-electron chi connectivity index (χ4n) is 3.30. The molecule has 1 aliphatic heterocycles. The van der Waals surface area contributed by atoms with Crippen molar-refractivity contribution in [1.29, 1.82) is 0 Å². The fraction of sp³-hybridized carbons (Fsp3) is 0.526. The summed E-state index contributed by atoms with van der Waals surface area (Å²) in [7, 11) is 1.97. The van der Waals surface area contributed by atoms with E-state index in [4.69, 9.17) is 9.47 Å². The van der Waals surface area contributed by atoms with Crippen molar-refractivity contribution in [3.63, 3.8) is 0 Å². The Hall–Kier alpha value is -1.85. The van der Waals surface area contributed by atoms with E-state index in [2.05, 4.69) is 30.9 Å². The van der Waals surface area contributed by atoms with E-state index in [0.29, 0.717) is 12.2 Å². The third-order valence-corrected chi connectivity index (χ3v) is 4.45. The summed E-state index contributed by atoms with van der Waals surface area (Å²) in [4.78, 5) is 14.6. The Bertz CT molecular complexity index is 749. The van der Waals surface area contributed by atoms with Crippen LogP contribution in [0.3, 0.4) is 0 Å². The SMILES string of the molecule is CCOC(=O)c1cn(C)c2cc3c(cc12)CN(CCOC(C)C)C3. The van der Waals surface area contributed by atoms with Crippen molar-refractivity contribution in [2.75, 3.05) is 19.8 Å². The lowest BCUT2D eigenvalue weighted by Crippen LogP contribution is -2.23. The zero-order chi connectivity index (χ0) is 17.3. The van der Waals surface area contributed by atoms with E-state index in [1.165, 1.54) is 11.1 Å². The van der Waals surface area contributed by atoms with Gasteiger partial charge in [-0.25, -0.2) is 4.79 Å². The molecule has 0 unspecified atom stereocenters. The van der Waals surface area contributed by atoms with Crippen molar-refractivity contribution < 1.29 is 14.3 Å². The Balaban J connectivity index is 1.82. The summed E-state index contributed by atoms with van der Waals surface area (Å²) < 4.78 is 12.8. The predicted octanol–water partition coefficient (Wildman–Crippen LogP) is 3.10. The van der Waals surface area contributed by atoms with Gasteiger partial charge in [0.15, 0.2) is 0 Å². The van der Waals surface area contributed by atoms with E-state index in [-0.39, 0.29) is 12.1 Å². The maximum atomic E-state index is 12.2. The molecular formula is C19H26N2O3. The van der Waals surface area contributed by atoms with Crippen molar-refractivity contribution in [3.8, 4) is 0 Å². The highest BCUT2D eigenvalue weighted by Gasteiger charge is 2.23. The highest BCUT2D eigenvalue weighted by atomic mass is 16.5. The summed E-state index contributed by atoms with van der Waals surface area (Å²) in [6.07, 6.45) is 2.14. The lowest BCUT2D eigenvalue weighted by molar-refractivity contribution is 0.0528. The smallest absolute Gasteiger partial charge is 0.340 e. The van der Waals surface area contributed by atoms with Gasteiger partial charge in [0.25, 0.3) is 0 Å². The molecule has 0 spiro atoms. The molecule has 3 rings (SSSR count). The first kappa shape index (κ1) is 17.0. The van der Waals surface area contributed by atoms with Gasteiger partial charge in [-0.15, -0.1) is 0 Å². The quantitative estimate of drug-likeness (QED) is 0.764. The molecule has 1 aromatic heterocycles. The zero-order valence-corrected chi connectivity index (χ0v) is 15.0. The molecule has 0 radical (unpaired) electrons. The van der Waals surface area contributed by atoms with Crippen LogP contribution in [0.15, 0.2) is 18.3 Å². The first-order chi connectivity index (χ1) is 11.5. The standard InChI is InChI=1S/C19H26N2O3/c1-5-23-19(22)17-12-20(4)18-9-15-11-21(6-7-24-13(2)3)10-14(15)8-16(17)18/h8-9,12-13H,5-7,10-11H2,1-4H3. The molecule has 0 aliphatic carbocycles. The number of ether oxygens (including phenoxy) is 2.